The number of methoxy groups -OCH3 is 1. The molecule has 5 nitrogen and oxygen atoms in total. The molecule has 0 unspecified atom stereocenters. The molecule has 100 valence electrons. The number of nitrogens with zero attached hydrogens (tertiary/aromatic N) is 1. The van der Waals surface area contributed by atoms with Gasteiger partial charge in [0.15, 0.2) is 0 Å². The molecular weight excluding hydrogens is 268 g/mol. The summed E-state index contributed by atoms with van der Waals surface area (Å²) in [5.74, 6) is 0.741. The molecule has 0 spiro atoms. The predicted molar refractivity (Wildman–Crippen MR) is 71.4 cm³/mol. The van der Waals surface area contributed by atoms with Gasteiger partial charge in [0.25, 0.3) is 0 Å². The van der Waals surface area contributed by atoms with Crippen molar-refractivity contribution in [2.75, 3.05) is 12.4 Å². The van der Waals surface area contributed by atoms with Gasteiger partial charge in [0.1, 0.15) is 17.1 Å². The van der Waals surface area contributed by atoms with Gasteiger partial charge in [-0.1, -0.05) is 11.6 Å². The Hall–Kier alpha value is -2.01. The molecule has 0 radical (unpaired) electrons. The molecule has 0 atom stereocenters. The van der Waals surface area contributed by atoms with Crippen molar-refractivity contribution in [3.05, 3.63) is 46.6 Å². The fourth-order valence-corrected chi connectivity index (χ4v) is 1.81. The third-order valence-electron chi connectivity index (χ3n) is 2.60. The Morgan fingerprint density at radius 3 is 3.05 bits per heavy atom. The zero-order chi connectivity index (χ0) is 13.8. The lowest BCUT2D eigenvalue weighted by Crippen LogP contribution is -2.01. The van der Waals surface area contributed by atoms with E-state index in [2.05, 4.69) is 15.0 Å². The van der Waals surface area contributed by atoms with E-state index in [1.165, 1.54) is 7.11 Å². The van der Waals surface area contributed by atoms with Crippen molar-refractivity contribution in [1.82, 2.24) is 4.98 Å². The number of pyridine rings is 1. The van der Waals surface area contributed by atoms with Gasteiger partial charge in [-0.2, -0.15) is 0 Å². The maximum absolute atomic E-state index is 11.4. The van der Waals surface area contributed by atoms with Crippen LogP contribution in [0.5, 0.6) is 0 Å². The predicted octanol–water partition coefficient (Wildman–Crippen LogP) is 3.04. The van der Waals surface area contributed by atoms with E-state index in [0.717, 1.165) is 0 Å². The third-order valence-corrected chi connectivity index (χ3v) is 2.92. The summed E-state index contributed by atoms with van der Waals surface area (Å²) in [5, 5.41) is 3.66. The van der Waals surface area contributed by atoms with Crippen molar-refractivity contribution in [1.29, 1.82) is 0 Å². The highest BCUT2D eigenvalue weighted by Gasteiger charge is 2.15. The topological polar surface area (TPSA) is 64.4 Å². The Morgan fingerprint density at radius 1 is 1.58 bits per heavy atom. The first-order valence-electron chi connectivity index (χ1n) is 5.63. The first-order chi connectivity index (χ1) is 9.11. The Bertz CT molecular complexity index is 595. The van der Waals surface area contributed by atoms with E-state index in [4.69, 9.17) is 16.0 Å². The lowest BCUT2D eigenvalue weighted by Gasteiger charge is -2.05. The summed E-state index contributed by atoms with van der Waals surface area (Å²) in [5.41, 5.74) is 1.13. The molecule has 0 saturated carbocycles. The fourth-order valence-electron chi connectivity index (χ4n) is 1.63. The number of carbonyl (C=O) groups is 1. The molecule has 19 heavy (non-hydrogen) atoms. The van der Waals surface area contributed by atoms with Crippen LogP contribution in [0.4, 0.5) is 5.69 Å². The number of esters is 1. The molecule has 0 fully saturated rings. The number of hydrogen-bond acceptors (Lipinski definition) is 5. The Morgan fingerprint density at radius 2 is 2.37 bits per heavy atom. The Kier molecular flexibility index (Phi) is 4.06. The summed E-state index contributed by atoms with van der Waals surface area (Å²) >= 11 is 5.99. The Labute approximate surface area is 115 Å². The van der Waals surface area contributed by atoms with E-state index in [-0.39, 0.29) is 0 Å². The molecule has 0 aromatic carbocycles. The van der Waals surface area contributed by atoms with Crippen LogP contribution in [0.2, 0.25) is 5.02 Å². The van der Waals surface area contributed by atoms with Crippen LogP contribution in [-0.2, 0) is 11.3 Å². The van der Waals surface area contributed by atoms with Gasteiger partial charge in [0, 0.05) is 6.20 Å². The third kappa shape index (κ3) is 3.06. The number of halogens is 1. The molecule has 0 amide bonds. The molecule has 0 bridgehead atoms. The van der Waals surface area contributed by atoms with Crippen LogP contribution in [-0.4, -0.2) is 18.1 Å². The molecule has 0 aliphatic heterocycles. The summed E-state index contributed by atoms with van der Waals surface area (Å²) in [6.07, 6.45) is 3.24. The van der Waals surface area contributed by atoms with Crippen LogP contribution in [0.15, 0.2) is 28.9 Å². The van der Waals surface area contributed by atoms with E-state index >= 15 is 0 Å². The molecule has 2 heterocycles. The van der Waals surface area contributed by atoms with Gasteiger partial charge in [0.2, 0.25) is 0 Å². The molecule has 2 aromatic heterocycles. The number of rotatable bonds is 4. The van der Waals surface area contributed by atoms with Gasteiger partial charge in [0.05, 0.1) is 30.6 Å². The molecule has 0 aliphatic carbocycles. The molecule has 0 aliphatic rings. The number of furan rings is 1. The zero-order valence-electron chi connectivity index (χ0n) is 10.6. The second-order valence-electron chi connectivity index (χ2n) is 3.88. The molecule has 1 N–H and O–H groups in total. The van der Waals surface area contributed by atoms with E-state index in [9.17, 15) is 4.79 Å². The number of hydrogen-bond donors (Lipinski definition) is 1. The SMILES string of the molecule is COC(=O)c1cc(CNc2cnccc2Cl)oc1C. The van der Waals surface area contributed by atoms with E-state index in [0.29, 0.717) is 34.3 Å². The molecule has 2 aromatic rings. The highest BCUT2D eigenvalue weighted by molar-refractivity contribution is 6.33. The lowest BCUT2D eigenvalue weighted by atomic mass is 10.2. The van der Waals surface area contributed by atoms with Gasteiger partial charge in [-0.05, 0) is 19.1 Å². The number of aryl methyl sites for hydroxylation is 1. The molecule has 2 rings (SSSR count). The van der Waals surface area contributed by atoms with Crippen molar-refractivity contribution >= 4 is 23.3 Å². The van der Waals surface area contributed by atoms with Crippen molar-refractivity contribution in [3.63, 3.8) is 0 Å². The number of aromatic nitrogens is 1. The first kappa shape index (κ1) is 13.4. The second-order valence-corrected chi connectivity index (χ2v) is 4.29. The molecular formula is C13H13ClN2O3. The summed E-state index contributed by atoms with van der Waals surface area (Å²) in [7, 11) is 1.34. The standard InChI is InChI=1S/C13H13ClN2O3/c1-8-10(13(17)18-2)5-9(19-8)6-16-12-7-15-4-3-11(12)14/h3-5,7,16H,6H2,1-2H3. The second kappa shape index (κ2) is 5.75. The van der Waals surface area contributed by atoms with Gasteiger partial charge < -0.3 is 14.5 Å². The Balaban J connectivity index is 2.09. The number of ether oxygens (including phenoxy) is 1. The van der Waals surface area contributed by atoms with Crippen LogP contribution < -0.4 is 5.32 Å². The minimum absolute atomic E-state index is 0.406. The largest absolute Gasteiger partial charge is 0.465 e. The van der Waals surface area contributed by atoms with E-state index in [1.54, 1.807) is 31.5 Å². The smallest absolute Gasteiger partial charge is 0.341 e. The quantitative estimate of drug-likeness (QED) is 0.872. The van der Waals surface area contributed by atoms with Crippen LogP contribution in [0, 0.1) is 6.92 Å². The highest BCUT2D eigenvalue weighted by atomic mass is 35.5. The van der Waals surface area contributed by atoms with Crippen molar-refractivity contribution < 1.29 is 13.9 Å². The number of nitrogens with one attached hydrogen (secondary N) is 1. The minimum atomic E-state index is -0.410. The molecule has 0 saturated heterocycles. The van der Waals surface area contributed by atoms with Crippen LogP contribution in [0.25, 0.3) is 0 Å². The molecule has 6 heteroatoms. The average Bonchev–Trinajstić information content (AvgIpc) is 2.78. The zero-order valence-corrected chi connectivity index (χ0v) is 11.3. The number of anilines is 1. The summed E-state index contributed by atoms with van der Waals surface area (Å²) in [4.78, 5) is 15.4. The van der Waals surface area contributed by atoms with Crippen LogP contribution >= 0.6 is 11.6 Å². The number of carbonyl (C=O) groups excluding carboxylic acids is 1. The van der Waals surface area contributed by atoms with Crippen molar-refractivity contribution in [2.45, 2.75) is 13.5 Å². The van der Waals surface area contributed by atoms with Crippen LogP contribution in [0.1, 0.15) is 21.9 Å². The average molecular weight is 281 g/mol. The normalized spacial score (nSPS) is 10.3. The highest BCUT2D eigenvalue weighted by Crippen LogP contribution is 2.21. The van der Waals surface area contributed by atoms with E-state index < -0.39 is 5.97 Å². The lowest BCUT2D eigenvalue weighted by molar-refractivity contribution is 0.0599. The van der Waals surface area contributed by atoms with Crippen molar-refractivity contribution in [2.24, 2.45) is 0 Å². The van der Waals surface area contributed by atoms with Gasteiger partial charge in [-0.3, -0.25) is 4.98 Å². The fraction of sp³-hybridized carbons (Fsp3) is 0.231. The van der Waals surface area contributed by atoms with Gasteiger partial charge in [-0.25, -0.2) is 4.79 Å². The van der Waals surface area contributed by atoms with Crippen LogP contribution in [0.3, 0.4) is 0 Å². The maximum Gasteiger partial charge on any atom is 0.341 e. The van der Waals surface area contributed by atoms with E-state index in [1.807, 2.05) is 0 Å². The summed E-state index contributed by atoms with van der Waals surface area (Å²) < 4.78 is 10.1. The minimum Gasteiger partial charge on any atom is -0.465 e. The first-order valence-corrected chi connectivity index (χ1v) is 6.00. The van der Waals surface area contributed by atoms with Gasteiger partial charge >= 0.3 is 5.97 Å². The van der Waals surface area contributed by atoms with Gasteiger partial charge in [-0.15, -0.1) is 0 Å². The maximum atomic E-state index is 11.4. The van der Waals surface area contributed by atoms with Crippen molar-refractivity contribution in [3.8, 4) is 0 Å². The summed E-state index contributed by atoms with van der Waals surface area (Å²) in [6.45, 7) is 2.12. The monoisotopic (exact) mass is 280 g/mol. The summed E-state index contributed by atoms with van der Waals surface area (Å²) in [6, 6.07) is 3.34.